The van der Waals surface area contributed by atoms with E-state index in [-0.39, 0.29) is 5.91 Å². The number of fused-ring (bicyclic) bond motifs is 1. The number of hydrogen-bond donors (Lipinski definition) is 2. The maximum absolute atomic E-state index is 11.5. The van der Waals surface area contributed by atoms with Gasteiger partial charge in [-0.15, -0.1) is 0 Å². The summed E-state index contributed by atoms with van der Waals surface area (Å²) < 4.78 is 0. The van der Waals surface area contributed by atoms with E-state index in [1.807, 2.05) is 30.3 Å². The molecule has 1 amide bonds. The number of rotatable bonds is 4. The van der Waals surface area contributed by atoms with Gasteiger partial charge in [-0.05, 0) is 31.9 Å². The fraction of sp³-hybridized carbons (Fsp3) is 0.333. The van der Waals surface area contributed by atoms with Crippen LogP contribution in [0.3, 0.4) is 0 Å². The predicted molar refractivity (Wildman–Crippen MR) is 74.8 cm³/mol. The topological polar surface area (TPSA) is 62.2 Å². The molecular weight excluding hydrogens is 240 g/mol. The number of carbonyl (C=O) groups excluding carboxylic acids is 1. The zero-order valence-corrected chi connectivity index (χ0v) is 11.2. The molecule has 19 heavy (non-hydrogen) atoms. The number of carbonyl (C=O) groups is 1. The number of benzene rings is 1. The van der Waals surface area contributed by atoms with Crippen LogP contribution in [0.4, 0.5) is 0 Å². The van der Waals surface area contributed by atoms with Gasteiger partial charge in [0.2, 0.25) is 0 Å². The average Bonchev–Trinajstić information content (AvgIpc) is 2.38. The van der Waals surface area contributed by atoms with E-state index in [0.29, 0.717) is 13.0 Å². The van der Waals surface area contributed by atoms with Gasteiger partial charge in [0.05, 0.1) is 5.52 Å². The first-order valence-corrected chi connectivity index (χ1v) is 6.32. The molecule has 0 atom stereocenters. The second-order valence-corrected chi connectivity index (χ2v) is 5.06. The molecule has 1 aromatic carbocycles. The number of aromatic nitrogens is 1. The van der Waals surface area contributed by atoms with Gasteiger partial charge in [0.1, 0.15) is 5.60 Å². The number of nitrogens with zero attached hydrogens (tertiary/aromatic N) is 1. The monoisotopic (exact) mass is 258 g/mol. The highest BCUT2D eigenvalue weighted by Crippen LogP contribution is 2.16. The highest BCUT2D eigenvalue weighted by atomic mass is 16.3. The summed E-state index contributed by atoms with van der Waals surface area (Å²) in [6, 6.07) is 9.92. The van der Waals surface area contributed by atoms with Crippen molar-refractivity contribution in [3.63, 3.8) is 0 Å². The third-order valence-electron chi connectivity index (χ3n) is 2.95. The lowest BCUT2D eigenvalue weighted by Gasteiger charge is -2.16. The predicted octanol–water partition coefficient (Wildman–Crippen LogP) is 1.66. The van der Waals surface area contributed by atoms with Gasteiger partial charge in [0.25, 0.3) is 5.91 Å². The largest absolute Gasteiger partial charge is 0.381 e. The van der Waals surface area contributed by atoms with Crippen molar-refractivity contribution >= 4 is 16.8 Å². The van der Waals surface area contributed by atoms with Crippen LogP contribution in [-0.2, 0) is 11.2 Å². The lowest BCUT2D eigenvalue weighted by molar-refractivity contribution is -0.136. The molecule has 0 fully saturated rings. The van der Waals surface area contributed by atoms with E-state index in [9.17, 15) is 9.90 Å². The third kappa shape index (κ3) is 3.29. The Labute approximate surface area is 112 Å². The summed E-state index contributed by atoms with van der Waals surface area (Å²) in [5.41, 5.74) is 0.716. The summed E-state index contributed by atoms with van der Waals surface area (Å²) in [6.45, 7) is 3.43. The second kappa shape index (κ2) is 5.36. The van der Waals surface area contributed by atoms with Crippen molar-refractivity contribution in [3.8, 4) is 0 Å². The third-order valence-corrected chi connectivity index (χ3v) is 2.95. The molecule has 4 nitrogen and oxygen atoms in total. The van der Waals surface area contributed by atoms with E-state index in [2.05, 4.69) is 10.3 Å². The molecule has 1 heterocycles. The molecule has 0 aliphatic rings. The second-order valence-electron chi connectivity index (χ2n) is 5.06. The van der Waals surface area contributed by atoms with E-state index < -0.39 is 5.60 Å². The average molecular weight is 258 g/mol. The molecule has 0 aliphatic heterocycles. The molecule has 2 rings (SSSR count). The Hall–Kier alpha value is -1.94. The van der Waals surface area contributed by atoms with Gasteiger partial charge in [-0.3, -0.25) is 9.78 Å². The molecule has 1 aromatic heterocycles. The van der Waals surface area contributed by atoms with Gasteiger partial charge < -0.3 is 10.4 Å². The van der Waals surface area contributed by atoms with Gasteiger partial charge in [0.15, 0.2) is 0 Å². The number of para-hydroxylation sites is 1. The van der Waals surface area contributed by atoms with Crippen LogP contribution in [0.1, 0.15) is 19.4 Å². The van der Waals surface area contributed by atoms with Gasteiger partial charge >= 0.3 is 0 Å². The standard InChI is InChI=1S/C15H18N2O2/c1-15(2,19)14(18)17-10-8-12-6-3-5-11-7-4-9-16-13(11)12/h3-7,9,19H,8,10H2,1-2H3,(H,17,18). The summed E-state index contributed by atoms with van der Waals surface area (Å²) in [6.07, 6.45) is 2.46. The van der Waals surface area contributed by atoms with Gasteiger partial charge in [-0.1, -0.05) is 24.3 Å². The maximum Gasteiger partial charge on any atom is 0.251 e. The highest BCUT2D eigenvalue weighted by Gasteiger charge is 2.22. The minimum Gasteiger partial charge on any atom is -0.381 e. The van der Waals surface area contributed by atoms with Crippen molar-refractivity contribution in [1.82, 2.24) is 10.3 Å². The molecule has 0 aliphatic carbocycles. The number of hydrogen-bond acceptors (Lipinski definition) is 3. The number of pyridine rings is 1. The van der Waals surface area contributed by atoms with Crippen molar-refractivity contribution in [3.05, 3.63) is 42.1 Å². The van der Waals surface area contributed by atoms with Crippen LogP contribution in [-0.4, -0.2) is 28.1 Å². The lowest BCUT2D eigenvalue weighted by Crippen LogP contribution is -2.42. The van der Waals surface area contributed by atoms with Crippen molar-refractivity contribution in [2.24, 2.45) is 0 Å². The van der Waals surface area contributed by atoms with E-state index in [0.717, 1.165) is 16.5 Å². The Morgan fingerprint density at radius 1 is 1.32 bits per heavy atom. The molecule has 4 heteroatoms. The van der Waals surface area contributed by atoms with Crippen molar-refractivity contribution < 1.29 is 9.90 Å². The van der Waals surface area contributed by atoms with E-state index in [1.54, 1.807) is 6.20 Å². The Morgan fingerprint density at radius 2 is 2.05 bits per heavy atom. The normalized spacial score (nSPS) is 11.5. The lowest BCUT2D eigenvalue weighted by atomic mass is 10.1. The van der Waals surface area contributed by atoms with Crippen molar-refractivity contribution in [2.75, 3.05) is 6.54 Å². The number of aliphatic hydroxyl groups is 1. The molecule has 0 saturated carbocycles. The fourth-order valence-electron chi connectivity index (χ4n) is 1.90. The molecular formula is C15H18N2O2. The van der Waals surface area contributed by atoms with Crippen molar-refractivity contribution in [2.45, 2.75) is 25.9 Å². The van der Waals surface area contributed by atoms with E-state index in [1.165, 1.54) is 13.8 Å². The first kappa shape index (κ1) is 13.5. The summed E-state index contributed by atoms with van der Waals surface area (Å²) in [4.78, 5) is 15.9. The quantitative estimate of drug-likeness (QED) is 0.876. The van der Waals surface area contributed by atoms with Crippen LogP contribution in [0.15, 0.2) is 36.5 Å². The van der Waals surface area contributed by atoms with Crippen LogP contribution in [0.2, 0.25) is 0 Å². The van der Waals surface area contributed by atoms with Crippen LogP contribution in [0.5, 0.6) is 0 Å². The smallest absolute Gasteiger partial charge is 0.251 e. The minimum atomic E-state index is -1.34. The Kier molecular flexibility index (Phi) is 3.81. The maximum atomic E-state index is 11.5. The molecule has 100 valence electrons. The molecule has 0 radical (unpaired) electrons. The number of nitrogens with one attached hydrogen (secondary N) is 1. The van der Waals surface area contributed by atoms with Gasteiger partial charge in [-0.2, -0.15) is 0 Å². The highest BCUT2D eigenvalue weighted by molar-refractivity contribution is 5.84. The van der Waals surface area contributed by atoms with Crippen LogP contribution >= 0.6 is 0 Å². The summed E-state index contributed by atoms with van der Waals surface area (Å²) in [5, 5.41) is 13.3. The molecule has 2 N–H and O–H groups in total. The summed E-state index contributed by atoms with van der Waals surface area (Å²) in [5.74, 6) is -0.360. The van der Waals surface area contributed by atoms with Gasteiger partial charge in [0, 0.05) is 18.1 Å². The Balaban J connectivity index is 2.05. The summed E-state index contributed by atoms with van der Waals surface area (Å²) in [7, 11) is 0. The molecule has 0 unspecified atom stereocenters. The fourth-order valence-corrected chi connectivity index (χ4v) is 1.90. The van der Waals surface area contributed by atoms with Crippen molar-refractivity contribution in [1.29, 1.82) is 0 Å². The SMILES string of the molecule is CC(C)(O)C(=O)NCCc1cccc2cccnc12. The molecule has 0 bridgehead atoms. The molecule has 0 saturated heterocycles. The minimum absolute atomic E-state index is 0.360. The molecule has 2 aromatic rings. The Bertz CT molecular complexity index is 583. The first-order chi connectivity index (χ1) is 8.98. The van der Waals surface area contributed by atoms with Crippen LogP contribution < -0.4 is 5.32 Å². The van der Waals surface area contributed by atoms with E-state index in [4.69, 9.17) is 0 Å². The van der Waals surface area contributed by atoms with Gasteiger partial charge in [-0.25, -0.2) is 0 Å². The zero-order chi connectivity index (χ0) is 13.9. The molecule has 0 spiro atoms. The summed E-state index contributed by atoms with van der Waals surface area (Å²) >= 11 is 0. The van der Waals surface area contributed by atoms with Crippen LogP contribution in [0, 0.1) is 0 Å². The van der Waals surface area contributed by atoms with E-state index >= 15 is 0 Å². The Morgan fingerprint density at radius 3 is 2.79 bits per heavy atom. The zero-order valence-electron chi connectivity index (χ0n) is 11.2. The first-order valence-electron chi connectivity index (χ1n) is 6.32. The number of amides is 1. The van der Waals surface area contributed by atoms with Crippen LogP contribution in [0.25, 0.3) is 10.9 Å².